The van der Waals surface area contributed by atoms with Crippen molar-refractivity contribution in [2.24, 2.45) is 4.99 Å². The van der Waals surface area contributed by atoms with E-state index in [9.17, 15) is 4.79 Å². The van der Waals surface area contributed by atoms with E-state index in [2.05, 4.69) is 27.8 Å². The summed E-state index contributed by atoms with van der Waals surface area (Å²) in [7, 11) is 0. The van der Waals surface area contributed by atoms with Gasteiger partial charge in [-0.25, -0.2) is 0 Å². The number of carbonyl (C=O) groups excluding carboxylic acids is 1. The van der Waals surface area contributed by atoms with E-state index < -0.39 is 0 Å². The predicted molar refractivity (Wildman–Crippen MR) is 98.3 cm³/mol. The van der Waals surface area contributed by atoms with Crippen LogP contribution in [0.25, 0.3) is 0 Å². The Bertz CT molecular complexity index is 547. The highest BCUT2D eigenvalue weighted by molar-refractivity contribution is 14.0. The van der Waals surface area contributed by atoms with E-state index in [1.807, 2.05) is 17.0 Å². The summed E-state index contributed by atoms with van der Waals surface area (Å²) in [5, 5.41) is 6.61. The molecule has 0 radical (unpaired) electrons. The largest absolute Gasteiger partial charge is 0.356 e. The van der Waals surface area contributed by atoms with E-state index in [1.165, 1.54) is 11.1 Å². The molecule has 1 aromatic rings. The van der Waals surface area contributed by atoms with Gasteiger partial charge in [0.2, 0.25) is 5.91 Å². The lowest BCUT2D eigenvalue weighted by Gasteiger charge is -2.20. The van der Waals surface area contributed by atoms with Gasteiger partial charge in [0, 0.05) is 39.1 Å². The van der Waals surface area contributed by atoms with Gasteiger partial charge in [0.25, 0.3) is 0 Å². The van der Waals surface area contributed by atoms with E-state index in [0.717, 1.165) is 51.5 Å². The van der Waals surface area contributed by atoms with Crippen molar-refractivity contribution in [1.29, 1.82) is 0 Å². The molecular weight excluding hydrogens is 391 g/mol. The SMILES string of the molecule is I.O=C1CCCN1Cc1ccccc1CNC1=NCCCN1. The van der Waals surface area contributed by atoms with Crippen LogP contribution in [0.2, 0.25) is 0 Å². The predicted octanol–water partition coefficient (Wildman–Crippen LogP) is 1.87. The summed E-state index contributed by atoms with van der Waals surface area (Å²) in [6.45, 7) is 4.21. The van der Waals surface area contributed by atoms with Crippen molar-refractivity contribution in [3.63, 3.8) is 0 Å². The fourth-order valence-corrected chi connectivity index (χ4v) is 2.79. The molecule has 0 saturated carbocycles. The number of nitrogens with one attached hydrogen (secondary N) is 2. The van der Waals surface area contributed by atoms with Gasteiger partial charge < -0.3 is 15.5 Å². The Morgan fingerprint density at radius 2 is 2.05 bits per heavy atom. The molecule has 1 fully saturated rings. The Morgan fingerprint density at radius 3 is 2.73 bits per heavy atom. The van der Waals surface area contributed by atoms with Crippen molar-refractivity contribution in [2.75, 3.05) is 19.6 Å². The topological polar surface area (TPSA) is 56.7 Å². The average Bonchev–Trinajstić information content (AvgIpc) is 2.93. The number of rotatable bonds is 4. The molecule has 120 valence electrons. The van der Waals surface area contributed by atoms with Crippen LogP contribution in [-0.4, -0.2) is 36.4 Å². The van der Waals surface area contributed by atoms with Crippen LogP contribution >= 0.6 is 24.0 Å². The standard InChI is InChI=1S/C16H22N4O.HI/c21-15-7-3-10-20(15)12-14-6-2-1-5-13(14)11-19-16-17-8-4-9-18-16;/h1-2,5-6H,3-4,7-12H2,(H2,17,18,19);1H. The zero-order valence-electron chi connectivity index (χ0n) is 12.7. The summed E-state index contributed by atoms with van der Waals surface area (Å²) < 4.78 is 0. The summed E-state index contributed by atoms with van der Waals surface area (Å²) >= 11 is 0. The maximum Gasteiger partial charge on any atom is 0.222 e. The molecule has 3 rings (SSSR count). The first kappa shape index (κ1) is 17.1. The number of hydrogen-bond donors (Lipinski definition) is 2. The van der Waals surface area contributed by atoms with Crippen LogP contribution in [0, 0.1) is 0 Å². The van der Waals surface area contributed by atoms with Gasteiger partial charge in [0.15, 0.2) is 5.96 Å². The highest BCUT2D eigenvalue weighted by Crippen LogP contribution is 2.17. The van der Waals surface area contributed by atoms with Gasteiger partial charge in [-0.15, -0.1) is 24.0 Å². The van der Waals surface area contributed by atoms with Gasteiger partial charge >= 0.3 is 0 Å². The number of guanidine groups is 1. The van der Waals surface area contributed by atoms with Crippen LogP contribution in [-0.2, 0) is 17.9 Å². The Morgan fingerprint density at radius 1 is 1.23 bits per heavy atom. The van der Waals surface area contributed by atoms with Crippen LogP contribution in [0.15, 0.2) is 29.3 Å². The second kappa shape index (κ2) is 8.36. The first-order valence-corrected chi connectivity index (χ1v) is 7.70. The van der Waals surface area contributed by atoms with Crippen LogP contribution in [0.5, 0.6) is 0 Å². The Labute approximate surface area is 148 Å². The lowest BCUT2D eigenvalue weighted by atomic mass is 10.1. The van der Waals surface area contributed by atoms with Gasteiger partial charge in [-0.3, -0.25) is 9.79 Å². The first-order valence-electron chi connectivity index (χ1n) is 7.70. The molecule has 6 heteroatoms. The fraction of sp³-hybridized carbons (Fsp3) is 0.500. The highest BCUT2D eigenvalue weighted by atomic mass is 127. The summed E-state index contributed by atoms with van der Waals surface area (Å²) in [4.78, 5) is 18.1. The third-order valence-corrected chi connectivity index (χ3v) is 3.99. The van der Waals surface area contributed by atoms with Gasteiger partial charge in [-0.05, 0) is 24.0 Å². The first-order chi connectivity index (χ1) is 10.3. The number of halogens is 1. The van der Waals surface area contributed by atoms with Crippen molar-refractivity contribution in [3.8, 4) is 0 Å². The Hall–Kier alpha value is -1.31. The maximum atomic E-state index is 11.8. The zero-order valence-corrected chi connectivity index (χ0v) is 15.0. The van der Waals surface area contributed by atoms with E-state index in [1.54, 1.807) is 0 Å². The van der Waals surface area contributed by atoms with E-state index in [4.69, 9.17) is 0 Å². The Balaban J connectivity index is 0.00000176. The van der Waals surface area contributed by atoms with Crippen LogP contribution in [0.4, 0.5) is 0 Å². The number of nitrogens with zero attached hydrogens (tertiary/aromatic N) is 2. The molecule has 1 saturated heterocycles. The van der Waals surface area contributed by atoms with Crippen LogP contribution in [0.3, 0.4) is 0 Å². The summed E-state index contributed by atoms with van der Waals surface area (Å²) in [5.41, 5.74) is 2.45. The van der Waals surface area contributed by atoms with Crippen molar-refractivity contribution in [3.05, 3.63) is 35.4 Å². The van der Waals surface area contributed by atoms with E-state index in [0.29, 0.717) is 6.42 Å². The average molecular weight is 414 g/mol. The van der Waals surface area contributed by atoms with Crippen LogP contribution < -0.4 is 10.6 Å². The molecule has 0 aliphatic carbocycles. The smallest absolute Gasteiger partial charge is 0.222 e. The number of likely N-dealkylation sites (tertiary alicyclic amines) is 1. The van der Waals surface area contributed by atoms with E-state index in [-0.39, 0.29) is 29.9 Å². The number of amides is 1. The van der Waals surface area contributed by atoms with Crippen LogP contribution in [0.1, 0.15) is 30.4 Å². The second-order valence-corrected chi connectivity index (χ2v) is 5.55. The molecule has 0 bridgehead atoms. The quantitative estimate of drug-likeness (QED) is 0.740. The number of hydrogen-bond acceptors (Lipinski definition) is 4. The molecule has 2 heterocycles. The molecule has 1 aromatic carbocycles. The molecule has 2 aliphatic rings. The number of carbonyl (C=O) groups is 1. The van der Waals surface area contributed by atoms with Gasteiger partial charge in [-0.2, -0.15) is 0 Å². The third kappa shape index (κ3) is 4.34. The summed E-state index contributed by atoms with van der Waals surface area (Å²) in [5.74, 6) is 1.16. The minimum absolute atomic E-state index is 0. The van der Waals surface area contributed by atoms with E-state index >= 15 is 0 Å². The molecule has 0 unspecified atom stereocenters. The van der Waals surface area contributed by atoms with Crippen molar-refractivity contribution in [2.45, 2.75) is 32.4 Å². The van der Waals surface area contributed by atoms with Crippen molar-refractivity contribution >= 4 is 35.8 Å². The Kier molecular flexibility index (Phi) is 6.48. The molecule has 0 spiro atoms. The maximum absolute atomic E-state index is 11.8. The van der Waals surface area contributed by atoms with Gasteiger partial charge in [0.05, 0.1) is 0 Å². The lowest BCUT2D eigenvalue weighted by Crippen LogP contribution is -2.40. The van der Waals surface area contributed by atoms with Gasteiger partial charge in [-0.1, -0.05) is 24.3 Å². The normalized spacial score (nSPS) is 17.5. The molecular formula is C16H23IN4O. The monoisotopic (exact) mass is 414 g/mol. The highest BCUT2D eigenvalue weighted by Gasteiger charge is 2.20. The summed E-state index contributed by atoms with van der Waals surface area (Å²) in [6, 6.07) is 8.31. The number of aliphatic imine (C=N–C) groups is 1. The third-order valence-electron chi connectivity index (χ3n) is 3.99. The molecule has 2 aliphatic heterocycles. The minimum Gasteiger partial charge on any atom is -0.356 e. The molecule has 2 N–H and O–H groups in total. The molecule has 0 aromatic heterocycles. The minimum atomic E-state index is 0. The summed E-state index contributed by atoms with van der Waals surface area (Å²) in [6.07, 6.45) is 2.78. The lowest BCUT2D eigenvalue weighted by molar-refractivity contribution is -0.128. The molecule has 5 nitrogen and oxygen atoms in total. The fourth-order valence-electron chi connectivity index (χ4n) is 2.79. The van der Waals surface area contributed by atoms with Crippen molar-refractivity contribution < 1.29 is 4.79 Å². The van der Waals surface area contributed by atoms with Crippen molar-refractivity contribution in [1.82, 2.24) is 15.5 Å². The zero-order chi connectivity index (χ0) is 14.5. The number of benzene rings is 1. The molecule has 0 atom stereocenters. The second-order valence-electron chi connectivity index (χ2n) is 5.55. The molecule has 22 heavy (non-hydrogen) atoms. The molecule has 1 amide bonds. The van der Waals surface area contributed by atoms with Gasteiger partial charge in [0.1, 0.15) is 0 Å².